The van der Waals surface area contributed by atoms with Crippen molar-refractivity contribution in [1.82, 2.24) is 9.97 Å². The van der Waals surface area contributed by atoms with Crippen LogP contribution in [0.5, 0.6) is 5.75 Å². The number of aromatic hydroxyl groups is 1. The Morgan fingerprint density at radius 2 is 1.90 bits per heavy atom. The highest BCUT2D eigenvalue weighted by molar-refractivity contribution is 5.80. The number of benzene rings is 2. The van der Waals surface area contributed by atoms with Crippen LogP contribution in [0.1, 0.15) is 11.1 Å². The second kappa shape index (κ2) is 8.70. The Balaban J connectivity index is 1.63. The molecule has 7 heteroatoms. The van der Waals surface area contributed by atoms with Crippen LogP contribution in [0.4, 0.5) is 11.6 Å². The molecule has 1 aliphatic heterocycles. The molecule has 1 saturated heterocycles. The minimum atomic E-state index is 0.176. The third-order valence-electron chi connectivity index (χ3n) is 4.59. The van der Waals surface area contributed by atoms with E-state index in [2.05, 4.69) is 26.5 Å². The fraction of sp³-hybridized carbons (Fsp3) is 0.227. The highest BCUT2D eigenvalue weighted by atomic mass is 16.5. The summed E-state index contributed by atoms with van der Waals surface area (Å²) >= 11 is 0. The van der Waals surface area contributed by atoms with Crippen LogP contribution in [-0.4, -0.2) is 47.6 Å². The van der Waals surface area contributed by atoms with Gasteiger partial charge in [0.2, 0.25) is 0 Å². The Morgan fingerprint density at radius 3 is 2.69 bits per heavy atom. The average Bonchev–Trinajstić information content (AvgIpc) is 2.74. The standard InChI is InChI=1S/C22H23N5O2/c1-16-4-2-5-17(12-16)15-23-26-20-14-21(27-8-10-29-11-9-27)25-22(24-20)18-6-3-7-19(28)13-18/h2-7,12-15,28H,8-11H2,1H3,(H,24,25,26)/b23-15+. The number of hydrogen-bond donors (Lipinski definition) is 2. The lowest BCUT2D eigenvalue weighted by Gasteiger charge is -2.28. The van der Waals surface area contributed by atoms with Crippen molar-refractivity contribution < 1.29 is 9.84 Å². The number of aromatic nitrogens is 2. The molecule has 1 fully saturated rings. The Kier molecular flexibility index (Phi) is 5.67. The second-order valence-electron chi connectivity index (χ2n) is 6.87. The minimum Gasteiger partial charge on any atom is -0.508 e. The number of rotatable bonds is 5. The summed E-state index contributed by atoms with van der Waals surface area (Å²) in [6, 6.07) is 16.9. The largest absolute Gasteiger partial charge is 0.508 e. The first kappa shape index (κ1) is 18.9. The Morgan fingerprint density at radius 1 is 1.07 bits per heavy atom. The van der Waals surface area contributed by atoms with Crippen LogP contribution in [0.2, 0.25) is 0 Å². The number of morpholine rings is 1. The minimum absolute atomic E-state index is 0.176. The van der Waals surface area contributed by atoms with Crippen molar-refractivity contribution >= 4 is 17.9 Å². The molecule has 0 amide bonds. The van der Waals surface area contributed by atoms with Crippen molar-refractivity contribution in [3.05, 3.63) is 65.7 Å². The molecule has 2 heterocycles. The van der Waals surface area contributed by atoms with Crippen LogP contribution in [0, 0.1) is 6.92 Å². The van der Waals surface area contributed by atoms with E-state index in [0.29, 0.717) is 24.9 Å². The van der Waals surface area contributed by atoms with Crippen molar-refractivity contribution in [3.63, 3.8) is 0 Å². The van der Waals surface area contributed by atoms with E-state index in [4.69, 9.17) is 9.72 Å². The van der Waals surface area contributed by atoms with Crippen LogP contribution in [0.25, 0.3) is 11.4 Å². The maximum Gasteiger partial charge on any atom is 0.164 e. The van der Waals surface area contributed by atoms with Crippen LogP contribution < -0.4 is 10.3 Å². The maximum absolute atomic E-state index is 9.83. The quantitative estimate of drug-likeness (QED) is 0.514. The van der Waals surface area contributed by atoms with Crippen molar-refractivity contribution in [2.24, 2.45) is 5.10 Å². The number of aryl methyl sites for hydroxylation is 1. The van der Waals surface area contributed by atoms with Gasteiger partial charge in [-0.3, -0.25) is 5.43 Å². The molecule has 3 aromatic rings. The van der Waals surface area contributed by atoms with E-state index in [1.807, 2.05) is 37.3 Å². The monoisotopic (exact) mass is 389 g/mol. The van der Waals surface area contributed by atoms with E-state index in [9.17, 15) is 5.11 Å². The van der Waals surface area contributed by atoms with Crippen LogP contribution in [0.3, 0.4) is 0 Å². The van der Waals surface area contributed by atoms with Gasteiger partial charge in [0.05, 0.1) is 19.4 Å². The van der Waals surface area contributed by atoms with Gasteiger partial charge in [0.1, 0.15) is 11.6 Å². The molecule has 0 saturated carbocycles. The van der Waals surface area contributed by atoms with Gasteiger partial charge in [-0.25, -0.2) is 9.97 Å². The molecule has 0 bridgehead atoms. The third-order valence-corrected chi connectivity index (χ3v) is 4.59. The Labute approximate surface area is 169 Å². The molecule has 7 nitrogen and oxygen atoms in total. The Hall–Kier alpha value is -3.45. The lowest BCUT2D eigenvalue weighted by atomic mass is 10.2. The number of hydrogen-bond acceptors (Lipinski definition) is 7. The molecule has 0 radical (unpaired) electrons. The van der Waals surface area contributed by atoms with Gasteiger partial charge in [0.15, 0.2) is 11.6 Å². The van der Waals surface area contributed by atoms with E-state index in [1.165, 1.54) is 5.56 Å². The normalized spacial score (nSPS) is 14.3. The molecule has 0 atom stereocenters. The molecule has 4 rings (SSSR count). The number of phenolic OH excluding ortho intramolecular Hbond substituents is 1. The molecular weight excluding hydrogens is 366 g/mol. The predicted molar refractivity (Wildman–Crippen MR) is 115 cm³/mol. The topological polar surface area (TPSA) is 82.9 Å². The van der Waals surface area contributed by atoms with Gasteiger partial charge < -0.3 is 14.7 Å². The smallest absolute Gasteiger partial charge is 0.164 e. The molecule has 2 N–H and O–H groups in total. The summed E-state index contributed by atoms with van der Waals surface area (Å²) in [7, 11) is 0. The maximum atomic E-state index is 9.83. The van der Waals surface area contributed by atoms with E-state index in [0.717, 1.165) is 30.0 Å². The van der Waals surface area contributed by atoms with Crippen LogP contribution in [0.15, 0.2) is 59.7 Å². The van der Waals surface area contributed by atoms with Gasteiger partial charge in [-0.15, -0.1) is 0 Å². The molecular formula is C22H23N5O2. The molecule has 1 aliphatic rings. The molecule has 148 valence electrons. The van der Waals surface area contributed by atoms with E-state index in [1.54, 1.807) is 24.4 Å². The number of anilines is 2. The Bertz CT molecular complexity index is 1020. The molecule has 0 spiro atoms. The molecule has 0 aliphatic carbocycles. The van der Waals surface area contributed by atoms with Gasteiger partial charge in [0, 0.05) is 24.7 Å². The number of phenols is 1. The summed E-state index contributed by atoms with van der Waals surface area (Å²) in [6.07, 6.45) is 1.76. The molecule has 1 aromatic heterocycles. The lowest BCUT2D eigenvalue weighted by molar-refractivity contribution is 0.122. The average molecular weight is 389 g/mol. The van der Waals surface area contributed by atoms with Gasteiger partial charge in [-0.1, -0.05) is 42.0 Å². The summed E-state index contributed by atoms with van der Waals surface area (Å²) in [5, 5.41) is 14.2. The first-order valence-electron chi connectivity index (χ1n) is 9.54. The second-order valence-corrected chi connectivity index (χ2v) is 6.87. The fourth-order valence-corrected chi connectivity index (χ4v) is 3.14. The number of nitrogens with one attached hydrogen (secondary N) is 1. The summed E-state index contributed by atoms with van der Waals surface area (Å²) < 4.78 is 5.45. The summed E-state index contributed by atoms with van der Waals surface area (Å²) in [6.45, 7) is 4.91. The van der Waals surface area contributed by atoms with E-state index < -0.39 is 0 Å². The van der Waals surface area contributed by atoms with Crippen LogP contribution >= 0.6 is 0 Å². The predicted octanol–water partition coefficient (Wildman–Crippen LogP) is 3.44. The third kappa shape index (κ3) is 4.89. The van der Waals surface area contributed by atoms with Gasteiger partial charge in [0.25, 0.3) is 0 Å². The van der Waals surface area contributed by atoms with Gasteiger partial charge >= 0.3 is 0 Å². The molecule has 2 aromatic carbocycles. The summed E-state index contributed by atoms with van der Waals surface area (Å²) in [4.78, 5) is 11.4. The zero-order valence-electron chi connectivity index (χ0n) is 16.2. The number of hydrazone groups is 1. The number of nitrogens with zero attached hydrogens (tertiary/aromatic N) is 4. The zero-order chi connectivity index (χ0) is 20.1. The molecule has 0 unspecified atom stereocenters. The van der Waals surface area contributed by atoms with Crippen molar-refractivity contribution in [1.29, 1.82) is 0 Å². The van der Waals surface area contributed by atoms with Gasteiger partial charge in [-0.05, 0) is 24.6 Å². The first-order valence-corrected chi connectivity index (χ1v) is 9.54. The summed E-state index contributed by atoms with van der Waals surface area (Å²) in [5.74, 6) is 2.09. The zero-order valence-corrected chi connectivity index (χ0v) is 16.2. The van der Waals surface area contributed by atoms with Crippen LogP contribution in [-0.2, 0) is 4.74 Å². The SMILES string of the molecule is Cc1cccc(/C=N/Nc2cc(N3CCOCC3)nc(-c3cccc(O)c3)n2)c1. The van der Waals surface area contributed by atoms with Gasteiger partial charge in [-0.2, -0.15) is 5.10 Å². The highest BCUT2D eigenvalue weighted by Crippen LogP contribution is 2.25. The fourth-order valence-electron chi connectivity index (χ4n) is 3.14. The lowest BCUT2D eigenvalue weighted by Crippen LogP contribution is -2.36. The van der Waals surface area contributed by atoms with Crippen molar-refractivity contribution in [3.8, 4) is 17.1 Å². The number of ether oxygens (including phenoxy) is 1. The highest BCUT2D eigenvalue weighted by Gasteiger charge is 2.16. The first-order chi connectivity index (χ1) is 14.2. The van der Waals surface area contributed by atoms with Crippen molar-refractivity contribution in [2.75, 3.05) is 36.6 Å². The molecule has 29 heavy (non-hydrogen) atoms. The summed E-state index contributed by atoms with van der Waals surface area (Å²) in [5.41, 5.74) is 5.94. The van der Waals surface area contributed by atoms with E-state index in [-0.39, 0.29) is 5.75 Å². The van der Waals surface area contributed by atoms with Crippen molar-refractivity contribution in [2.45, 2.75) is 6.92 Å². The van der Waals surface area contributed by atoms with E-state index >= 15 is 0 Å².